The van der Waals surface area contributed by atoms with Crippen LogP contribution in [-0.2, 0) is 11.3 Å². The van der Waals surface area contributed by atoms with Crippen LogP contribution < -0.4 is 5.32 Å². The van der Waals surface area contributed by atoms with Gasteiger partial charge in [-0.3, -0.25) is 4.79 Å². The molecule has 1 atom stereocenters. The number of imidazole rings is 1. The lowest BCUT2D eigenvalue weighted by atomic mass is 10.1. The molecule has 3 rings (SSSR count). The first kappa shape index (κ1) is 18.5. The van der Waals surface area contributed by atoms with Gasteiger partial charge in [-0.2, -0.15) is 0 Å². The van der Waals surface area contributed by atoms with Crippen molar-refractivity contribution in [3.63, 3.8) is 0 Å². The van der Waals surface area contributed by atoms with Gasteiger partial charge in [0.1, 0.15) is 0 Å². The summed E-state index contributed by atoms with van der Waals surface area (Å²) in [7, 11) is 0. The molecule has 4 nitrogen and oxygen atoms in total. The van der Waals surface area contributed by atoms with Crippen molar-refractivity contribution >= 4 is 28.7 Å². The highest BCUT2D eigenvalue weighted by Gasteiger charge is 2.15. The van der Waals surface area contributed by atoms with Gasteiger partial charge in [-0.15, -0.1) is 0 Å². The summed E-state index contributed by atoms with van der Waals surface area (Å²) in [4.78, 5) is 17.1. The second-order valence-corrected chi connectivity index (χ2v) is 7.82. The smallest absolute Gasteiger partial charge is 0.230 e. The normalized spacial score (nSPS) is 12.5. The van der Waals surface area contributed by atoms with Gasteiger partial charge in [0.05, 0.1) is 22.8 Å². The molecule has 0 bridgehead atoms. The van der Waals surface area contributed by atoms with E-state index in [0.29, 0.717) is 11.7 Å². The maximum absolute atomic E-state index is 12.4. The maximum Gasteiger partial charge on any atom is 0.230 e. The molecule has 2 aromatic carbocycles. The lowest BCUT2D eigenvalue weighted by molar-refractivity contribution is -0.119. The molecular formula is C21H25N3OS. The minimum Gasteiger partial charge on any atom is -0.349 e. The molecule has 0 aliphatic rings. The fraction of sp³-hybridized carbons (Fsp3) is 0.333. The number of rotatable bonds is 7. The Labute approximate surface area is 159 Å². The van der Waals surface area contributed by atoms with Crippen LogP contribution in [0.25, 0.3) is 11.0 Å². The van der Waals surface area contributed by atoms with Gasteiger partial charge in [0.15, 0.2) is 5.16 Å². The number of carbonyl (C=O) groups is 1. The second kappa shape index (κ2) is 8.41. The van der Waals surface area contributed by atoms with Crippen molar-refractivity contribution in [1.29, 1.82) is 0 Å². The summed E-state index contributed by atoms with van der Waals surface area (Å²) in [6.45, 7) is 7.28. The molecule has 1 N–H and O–H groups in total. The summed E-state index contributed by atoms with van der Waals surface area (Å²) in [6, 6.07) is 18.1. The van der Waals surface area contributed by atoms with Gasteiger partial charge >= 0.3 is 0 Å². The van der Waals surface area contributed by atoms with Gasteiger partial charge < -0.3 is 9.88 Å². The number of para-hydroxylation sites is 2. The topological polar surface area (TPSA) is 46.9 Å². The number of carbonyl (C=O) groups excluding carboxylic acids is 1. The highest BCUT2D eigenvalue weighted by molar-refractivity contribution is 7.99. The van der Waals surface area contributed by atoms with Gasteiger partial charge in [0.2, 0.25) is 5.91 Å². The molecule has 136 valence electrons. The number of aromatic nitrogens is 2. The third-order valence-corrected chi connectivity index (χ3v) is 5.15. The van der Waals surface area contributed by atoms with Crippen molar-refractivity contribution in [3.05, 3.63) is 60.2 Å². The number of benzene rings is 2. The van der Waals surface area contributed by atoms with E-state index < -0.39 is 0 Å². The Morgan fingerprint density at radius 2 is 1.77 bits per heavy atom. The number of hydrogen-bond acceptors (Lipinski definition) is 3. The Hall–Kier alpha value is -2.27. The monoisotopic (exact) mass is 367 g/mol. The van der Waals surface area contributed by atoms with Crippen molar-refractivity contribution in [2.24, 2.45) is 5.92 Å². The van der Waals surface area contributed by atoms with Crippen molar-refractivity contribution in [1.82, 2.24) is 14.9 Å². The average molecular weight is 368 g/mol. The molecule has 5 heteroatoms. The highest BCUT2D eigenvalue weighted by Crippen LogP contribution is 2.25. The first-order valence-electron chi connectivity index (χ1n) is 8.97. The molecule has 0 saturated heterocycles. The Kier molecular flexibility index (Phi) is 5.99. The van der Waals surface area contributed by atoms with E-state index in [2.05, 4.69) is 29.8 Å². The third-order valence-electron chi connectivity index (χ3n) is 4.18. The molecule has 1 unspecified atom stereocenters. The molecular weight excluding hydrogens is 342 g/mol. The number of nitrogens with zero attached hydrogens (tertiary/aromatic N) is 2. The van der Waals surface area contributed by atoms with E-state index >= 15 is 0 Å². The summed E-state index contributed by atoms with van der Waals surface area (Å²) < 4.78 is 2.22. The molecule has 0 aliphatic heterocycles. The Morgan fingerprint density at radius 3 is 2.50 bits per heavy atom. The molecule has 26 heavy (non-hydrogen) atoms. The van der Waals surface area contributed by atoms with E-state index in [1.54, 1.807) is 0 Å². The minimum atomic E-state index is -0.00113. The number of nitrogens with one attached hydrogen (secondary N) is 1. The average Bonchev–Trinajstić information content (AvgIpc) is 2.98. The van der Waals surface area contributed by atoms with E-state index in [4.69, 9.17) is 4.98 Å². The Bertz CT molecular complexity index is 873. The SMILES string of the molecule is CC(C)Cn1c(SCC(=O)NC(C)c2ccccc2)nc2ccccc21. The van der Waals surface area contributed by atoms with Crippen molar-refractivity contribution in [2.45, 2.75) is 38.5 Å². The zero-order valence-electron chi connectivity index (χ0n) is 15.5. The molecule has 1 aromatic heterocycles. The van der Waals surface area contributed by atoms with Crippen LogP contribution in [0.4, 0.5) is 0 Å². The first-order chi connectivity index (χ1) is 12.5. The van der Waals surface area contributed by atoms with Crippen LogP contribution in [0.2, 0.25) is 0 Å². The number of thioether (sulfide) groups is 1. The molecule has 0 radical (unpaired) electrons. The molecule has 0 saturated carbocycles. The van der Waals surface area contributed by atoms with E-state index in [0.717, 1.165) is 28.3 Å². The van der Waals surface area contributed by atoms with Gasteiger partial charge in [-0.1, -0.05) is 68.1 Å². The molecule has 0 fully saturated rings. The summed E-state index contributed by atoms with van der Waals surface area (Å²) >= 11 is 1.50. The standard InChI is InChI=1S/C21H25N3OS/c1-15(2)13-24-19-12-8-7-11-18(19)23-21(24)26-14-20(25)22-16(3)17-9-5-4-6-10-17/h4-12,15-16H,13-14H2,1-3H3,(H,22,25). The van der Waals surface area contributed by atoms with Gasteiger partial charge in [0.25, 0.3) is 0 Å². The largest absolute Gasteiger partial charge is 0.349 e. The molecule has 3 aromatic rings. The lowest BCUT2D eigenvalue weighted by Crippen LogP contribution is -2.28. The van der Waals surface area contributed by atoms with Crippen LogP contribution in [-0.4, -0.2) is 21.2 Å². The van der Waals surface area contributed by atoms with Crippen LogP contribution >= 0.6 is 11.8 Å². The van der Waals surface area contributed by atoms with Gasteiger partial charge in [0, 0.05) is 6.54 Å². The number of fused-ring (bicyclic) bond motifs is 1. The quantitative estimate of drug-likeness (QED) is 0.618. The van der Waals surface area contributed by atoms with Crippen molar-refractivity contribution in [2.75, 3.05) is 5.75 Å². The fourth-order valence-corrected chi connectivity index (χ4v) is 3.78. The first-order valence-corrected chi connectivity index (χ1v) is 9.95. The number of hydrogen-bond donors (Lipinski definition) is 1. The van der Waals surface area contributed by atoms with Crippen LogP contribution in [0, 0.1) is 5.92 Å². The molecule has 0 aliphatic carbocycles. The van der Waals surface area contributed by atoms with Gasteiger partial charge in [-0.25, -0.2) is 4.98 Å². The molecule has 0 spiro atoms. The zero-order chi connectivity index (χ0) is 18.5. The van der Waals surface area contributed by atoms with E-state index in [1.165, 1.54) is 11.8 Å². The fourth-order valence-electron chi connectivity index (χ4n) is 2.94. The van der Waals surface area contributed by atoms with Crippen LogP contribution in [0.1, 0.15) is 32.4 Å². The molecule has 1 amide bonds. The second-order valence-electron chi connectivity index (χ2n) is 6.88. The predicted octanol–water partition coefficient (Wildman–Crippen LogP) is 4.66. The van der Waals surface area contributed by atoms with Crippen molar-refractivity contribution in [3.8, 4) is 0 Å². The Balaban J connectivity index is 1.68. The minimum absolute atomic E-state index is 0.00113. The van der Waals surface area contributed by atoms with E-state index in [-0.39, 0.29) is 11.9 Å². The maximum atomic E-state index is 12.4. The van der Waals surface area contributed by atoms with E-state index in [1.807, 2.05) is 55.5 Å². The molecule has 1 heterocycles. The zero-order valence-corrected chi connectivity index (χ0v) is 16.3. The number of amides is 1. The summed E-state index contributed by atoms with van der Waals surface area (Å²) in [6.07, 6.45) is 0. The van der Waals surface area contributed by atoms with Crippen LogP contribution in [0.5, 0.6) is 0 Å². The Morgan fingerprint density at radius 1 is 1.08 bits per heavy atom. The van der Waals surface area contributed by atoms with Gasteiger partial charge in [-0.05, 0) is 30.5 Å². The predicted molar refractivity (Wildman–Crippen MR) is 108 cm³/mol. The highest BCUT2D eigenvalue weighted by atomic mass is 32.2. The summed E-state index contributed by atoms with van der Waals surface area (Å²) in [5, 5.41) is 3.97. The van der Waals surface area contributed by atoms with Crippen LogP contribution in [0.15, 0.2) is 59.8 Å². The summed E-state index contributed by atoms with van der Waals surface area (Å²) in [5.74, 6) is 0.895. The van der Waals surface area contributed by atoms with Crippen LogP contribution in [0.3, 0.4) is 0 Å². The summed E-state index contributed by atoms with van der Waals surface area (Å²) in [5.41, 5.74) is 3.22. The van der Waals surface area contributed by atoms with Crippen molar-refractivity contribution < 1.29 is 4.79 Å². The van der Waals surface area contributed by atoms with E-state index in [9.17, 15) is 4.79 Å². The third kappa shape index (κ3) is 4.47. The lowest BCUT2D eigenvalue weighted by Gasteiger charge is -2.14.